The normalized spacial score (nSPS) is 13.0. The third-order valence-corrected chi connectivity index (χ3v) is 9.25. The van der Waals surface area contributed by atoms with Crippen molar-refractivity contribution in [3.05, 3.63) is 139 Å². The van der Waals surface area contributed by atoms with Crippen LogP contribution in [0.3, 0.4) is 0 Å². The number of likely N-dealkylation sites (N-methyl/N-ethyl adjacent to an activating group) is 1. The summed E-state index contributed by atoms with van der Waals surface area (Å²) in [6.45, 7) is 2.38. The van der Waals surface area contributed by atoms with E-state index in [1.807, 2.05) is 84.9 Å². The summed E-state index contributed by atoms with van der Waals surface area (Å²) >= 11 is 0. The Morgan fingerprint density at radius 2 is 1.29 bits per heavy atom. The van der Waals surface area contributed by atoms with Crippen LogP contribution < -0.4 is 26.0 Å². The first-order chi connectivity index (χ1) is 26.8. The fraction of sp³-hybridized carbons (Fsp3) is 0.209. The number of anilines is 3. The van der Waals surface area contributed by atoms with Crippen molar-refractivity contribution in [3.63, 3.8) is 0 Å². The van der Waals surface area contributed by atoms with Gasteiger partial charge in [-0.15, -0.1) is 0 Å². The third kappa shape index (κ3) is 9.74. The average molecular weight is 741 g/mol. The lowest BCUT2D eigenvalue weighted by molar-refractivity contribution is -0.115. The Kier molecular flexibility index (Phi) is 12.9. The molecule has 0 atom stereocenters. The number of hydrazine groups is 1. The molecule has 5 aromatic rings. The number of rotatable bonds is 12. The number of carboxylic acid groups (broad SMARTS) is 1. The van der Waals surface area contributed by atoms with Crippen molar-refractivity contribution < 1.29 is 29.0 Å². The quantitative estimate of drug-likeness (QED) is 0.0992. The van der Waals surface area contributed by atoms with E-state index in [4.69, 9.17) is 4.74 Å². The van der Waals surface area contributed by atoms with E-state index in [0.717, 1.165) is 21.1 Å². The van der Waals surface area contributed by atoms with Gasteiger partial charge < -0.3 is 30.7 Å². The lowest BCUT2D eigenvalue weighted by atomic mass is 10.0. The predicted molar refractivity (Wildman–Crippen MR) is 214 cm³/mol. The second-order valence-electron chi connectivity index (χ2n) is 13.0. The monoisotopic (exact) mass is 740 g/mol. The summed E-state index contributed by atoms with van der Waals surface area (Å²) < 4.78 is 6.15. The smallest absolute Gasteiger partial charge is 0.434 e. The lowest BCUT2D eigenvalue weighted by Crippen LogP contribution is -2.52. The maximum atomic E-state index is 14.5. The van der Waals surface area contributed by atoms with Gasteiger partial charge in [0.15, 0.2) is 0 Å². The van der Waals surface area contributed by atoms with Crippen molar-refractivity contribution in [2.45, 2.75) is 18.9 Å². The Hall–Kier alpha value is -6.50. The van der Waals surface area contributed by atoms with Gasteiger partial charge in [0.2, 0.25) is 5.91 Å². The Bertz CT molecular complexity index is 2090. The topological polar surface area (TPSA) is 144 Å². The number of nitrogens with zero attached hydrogens (tertiary/aromatic N) is 3. The molecule has 1 aliphatic heterocycles. The second-order valence-corrected chi connectivity index (χ2v) is 13.0. The summed E-state index contributed by atoms with van der Waals surface area (Å²) in [4.78, 5) is 54.8. The van der Waals surface area contributed by atoms with Crippen LogP contribution in [0.1, 0.15) is 23.2 Å². The number of nitrogens with one attached hydrogen (secondary N) is 3. The van der Waals surface area contributed by atoms with Crippen LogP contribution in [0.25, 0.3) is 22.3 Å². The molecule has 0 radical (unpaired) electrons. The molecule has 4 N–H and O–H groups in total. The summed E-state index contributed by atoms with van der Waals surface area (Å²) in [5.74, 6) is -0.451. The highest BCUT2D eigenvalue weighted by Crippen LogP contribution is 2.38. The van der Waals surface area contributed by atoms with Crippen molar-refractivity contribution in [3.8, 4) is 22.3 Å². The summed E-state index contributed by atoms with van der Waals surface area (Å²) in [6, 6.07) is 40.0. The van der Waals surface area contributed by atoms with Gasteiger partial charge in [0.1, 0.15) is 6.10 Å². The Labute approximate surface area is 320 Å². The van der Waals surface area contributed by atoms with Gasteiger partial charge in [-0.1, -0.05) is 103 Å². The zero-order chi connectivity index (χ0) is 38.6. The van der Waals surface area contributed by atoms with E-state index in [0.29, 0.717) is 72.8 Å². The first-order valence-electron chi connectivity index (χ1n) is 18.2. The van der Waals surface area contributed by atoms with Gasteiger partial charge in [-0.05, 0) is 61.3 Å². The van der Waals surface area contributed by atoms with Gasteiger partial charge in [-0.2, -0.15) is 10.0 Å². The van der Waals surface area contributed by atoms with Gasteiger partial charge >= 0.3 is 12.2 Å². The zero-order valence-electron chi connectivity index (χ0n) is 30.6. The van der Waals surface area contributed by atoms with E-state index in [1.165, 1.54) is 0 Å². The molecule has 55 heavy (non-hydrogen) atoms. The van der Waals surface area contributed by atoms with Gasteiger partial charge in [0, 0.05) is 48.6 Å². The maximum Gasteiger partial charge on any atom is 0.434 e. The molecule has 5 aromatic carbocycles. The third-order valence-electron chi connectivity index (χ3n) is 9.25. The summed E-state index contributed by atoms with van der Waals surface area (Å²) in [6.07, 6.45) is -1.59. The summed E-state index contributed by atoms with van der Waals surface area (Å²) in [5.41, 5.74) is 4.51. The number of benzene rings is 5. The standard InChI is InChI=1S/C43H44N6O6/c1-44-30-40(50)46-34-18-12-17-33(29-34)41(51)45-25-28-47-26-23-35(24-27-47)55-43(54)49(39-22-11-9-20-37(39)32-15-6-3-7-16-32)48(42(52)53)38-21-10-8-19-36(38)31-13-4-2-5-14-31/h2-22,29,35,44H,23-28,30H2,1H3,(H,45,51)(H,46,50)(H,52,53). The minimum Gasteiger partial charge on any atom is -0.463 e. The van der Waals surface area contributed by atoms with Crippen LogP contribution in [0.4, 0.5) is 26.7 Å². The molecular formula is C43H44N6O6. The number of hydrogen-bond donors (Lipinski definition) is 4. The van der Waals surface area contributed by atoms with Crippen LogP contribution in [0.2, 0.25) is 0 Å². The van der Waals surface area contributed by atoms with Crippen LogP contribution in [-0.2, 0) is 9.53 Å². The molecule has 1 fully saturated rings. The average Bonchev–Trinajstić information content (AvgIpc) is 3.21. The number of likely N-dealkylation sites (tertiary alicyclic amines) is 1. The summed E-state index contributed by atoms with van der Waals surface area (Å²) in [7, 11) is 1.68. The summed E-state index contributed by atoms with van der Waals surface area (Å²) in [5, 5.41) is 21.4. The highest BCUT2D eigenvalue weighted by molar-refractivity contribution is 6.06. The fourth-order valence-corrected chi connectivity index (χ4v) is 6.60. The minimum atomic E-state index is -1.36. The molecule has 0 saturated carbocycles. The number of carbonyl (C=O) groups is 4. The van der Waals surface area contributed by atoms with Gasteiger partial charge in [-0.3, -0.25) is 9.59 Å². The second kappa shape index (κ2) is 18.5. The number of para-hydroxylation sites is 2. The van der Waals surface area contributed by atoms with Crippen LogP contribution in [0.15, 0.2) is 133 Å². The molecule has 6 rings (SSSR count). The lowest BCUT2D eigenvalue weighted by Gasteiger charge is -2.36. The molecule has 12 heteroatoms. The highest BCUT2D eigenvalue weighted by atomic mass is 16.6. The predicted octanol–water partition coefficient (Wildman–Crippen LogP) is 7.12. The van der Waals surface area contributed by atoms with Crippen LogP contribution >= 0.6 is 0 Å². The minimum absolute atomic E-state index is 0.164. The fourth-order valence-electron chi connectivity index (χ4n) is 6.60. The molecule has 1 saturated heterocycles. The van der Waals surface area contributed by atoms with Crippen LogP contribution in [-0.4, -0.2) is 79.9 Å². The molecule has 0 aromatic heterocycles. The molecule has 4 amide bonds. The number of amides is 4. The van der Waals surface area contributed by atoms with E-state index in [9.17, 15) is 24.3 Å². The Morgan fingerprint density at radius 3 is 1.87 bits per heavy atom. The molecular weight excluding hydrogens is 697 g/mol. The molecule has 282 valence electrons. The van der Waals surface area contributed by atoms with Crippen LogP contribution in [0, 0.1) is 0 Å². The van der Waals surface area contributed by atoms with E-state index >= 15 is 0 Å². The maximum absolute atomic E-state index is 14.5. The zero-order valence-corrected chi connectivity index (χ0v) is 30.6. The van der Waals surface area contributed by atoms with E-state index in [-0.39, 0.29) is 18.4 Å². The first-order valence-corrected chi connectivity index (χ1v) is 18.2. The van der Waals surface area contributed by atoms with E-state index in [2.05, 4.69) is 20.9 Å². The molecule has 0 aliphatic carbocycles. The van der Waals surface area contributed by atoms with E-state index in [1.54, 1.807) is 55.6 Å². The van der Waals surface area contributed by atoms with Crippen molar-refractivity contribution >= 4 is 41.1 Å². The largest absolute Gasteiger partial charge is 0.463 e. The number of carbonyl (C=O) groups excluding carboxylic acids is 3. The number of piperidine rings is 1. The van der Waals surface area contributed by atoms with E-state index < -0.39 is 18.3 Å². The van der Waals surface area contributed by atoms with Crippen molar-refractivity contribution in [1.29, 1.82) is 0 Å². The van der Waals surface area contributed by atoms with Gasteiger partial charge in [0.05, 0.1) is 17.9 Å². The molecule has 0 spiro atoms. The highest BCUT2D eigenvalue weighted by Gasteiger charge is 2.35. The van der Waals surface area contributed by atoms with Gasteiger partial charge in [-0.25, -0.2) is 9.59 Å². The number of ether oxygens (including phenoxy) is 1. The molecule has 12 nitrogen and oxygen atoms in total. The molecule has 1 heterocycles. The first kappa shape index (κ1) is 38.2. The SMILES string of the molecule is CNCC(=O)Nc1cccc(C(=O)NCCN2CCC(OC(=O)N(c3ccccc3-c3ccccc3)N(C(=O)O)c3ccccc3-c3ccccc3)CC2)c1. The van der Waals surface area contributed by atoms with Crippen molar-refractivity contribution in [2.24, 2.45) is 0 Å². The van der Waals surface area contributed by atoms with Crippen molar-refractivity contribution in [2.75, 3.05) is 55.1 Å². The number of hydrogen-bond acceptors (Lipinski definition) is 7. The molecule has 0 bridgehead atoms. The van der Waals surface area contributed by atoms with Gasteiger partial charge in [0.25, 0.3) is 5.91 Å². The van der Waals surface area contributed by atoms with Crippen molar-refractivity contribution in [1.82, 2.24) is 15.5 Å². The molecule has 1 aliphatic rings. The molecule has 0 unspecified atom stereocenters. The Balaban J connectivity index is 1.16. The Morgan fingerprint density at radius 1 is 0.727 bits per heavy atom. The van der Waals surface area contributed by atoms with Crippen LogP contribution in [0.5, 0.6) is 0 Å².